The highest BCUT2D eigenvalue weighted by atomic mass is 19.1. The SMILES string of the molecule is O=C(C1=C(O)C(=O)N(CCC[NH+]2CCOCC2)[C@@H]1c1cccc(F)c1)c1ccco1. The number of Topliss-reactive ketones (excluding diaryl/α,β-unsaturated/α-hetero) is 1. The second kappa shape index (κ2) is 8.81. The molecular weight excluding hydrogens is 391 g/mol. The molecule has 0 radical (unpaired) electrons. The number of ketones is 1. The number of quaternary nitrogens is 1. The van der Waals surface area contributed by atoms with Gasteiger partial charge in [-0.3, -0.25) is 9.59 Å². The lowest BCUT2D eigenvalue weighted by molar-refractivity contribution is -0.908. The molecule has 0 saturated carbocycles. The third-order valence-electron chi connectivity index (χ3n) is 5.59. The van der Waals surface area contributed by atoms with E-state index in [1.165, 1.54) is 40.3 Å². The zero-order valence-corrected chi connectivity index (χ0v) is 16.5. The summed E-state index contributed by atoms with van der Waals surface area (Å²) in [6.07, 6.45) is 2.03. The summed E-state index contributed by atoms with van der Waals surface area (Å²) in [7, 11) is 0. The topological polar surface area (TPSA) is 84.4 Å². The fraction of sp³-hybridized carbons (Fsp3) is 0.364. The number of nitrogens with one attached hydrogen (secondary N) is 1. The monoisotopic (exact) mass is 415 g/mol. The van der Waals surface area contributed by atoms with E-state index in [4.69, 9.17) is 9.15 Å². The first-order valence-electron chi connectivity index (χ1n) is 10.1. The predicted octanol–water partition coefficient (Wildman–Crippen LogP) is 1.30. The first kappa shape index (κ1) is 20.3. The van der Waals surface area contributed by atoms with Crippen molar-refractivity contribution in [3.05, 3.63) is 71.1 Å². The van der Waals surface area contributed by atoms with Crippen molar-refractivity contribution < 1.29 is 33.1 Å². The van der Waals surface area contributed by atoms with E-state index in [2.05, 4.69) is 0 Å². The van der Waals surface area contributed by atoms with Gasteiger partial charge in [0.25, 0.3) is 5.91 Å². The van der Waals surface area contributed by atoms with Gasteiger partial charge in [-0.2, -0.15) is 0 Å². The average Bonchev–Trinajstić information content (AvgIpc) is 3.37. The Labute approximate surface area is 173 Å². The summed E-state index contributed by atoms with van der Waals surface area (Å²) in [5.41, 5.74) is 0.347. The Morgan fingerprint density at radius 1 is 1.23 bits per heavy atom. The van der Waals surface area contributed by atoms with Gasteiger partial charge in [-0.25, -0.2) is 4.39 Å². The van der Waals surface area contributed by atoms with E-state index in [1.54, 1.807) is 12.1 Å². The number of amides is 1. The number of furan rings is 1. The number of aliphatic hydroxyl groups excluding tert-OH is 1. The molecule has 30 heavy (non-hydrogen) atoms. The minimum Gasteiger partial charge on any atom is -0.503 e. The highest BCUT2D eigenvalue weighted by molar-refractivity contribution is 6.14. The number of nitrogens with zero attached hydrogens (tertiary/aromatic N) is 1. The summed E-state index contributed by atoms with van der Waals surface area (Å²) in [4.78, 5) is 28.7. The molecule has 1 atom stereocenters. The number of carbonyl (C=O) groups is 2. The molecule has 1 aromatic heterocycles. The molecule has 1 saturated heterocycles. The molecule has 2 N–H and O–H groups in total. The van der Waals surface area contributed by atoms with Crippen molar-refractivity contribution in [2.45, 2.75) is 12.5 Å². The number of morpholine rings is 1. The summed E-state index contributed by atoms with van der Waals surface area (Å²) in [6, 6.07) is 7.91. The first-order chi connectivity index (χ1) is 14.6. The zero-order chi connectivity index (χ0) is 21.1. The molecule has 158 valence electrons. The van der Waals surface area contributed by atoms with Crippen LogP contribution >= 0.6 is 0 Å². The molecule has 1 fully saturated rings. The number of hydrogen-bond donors (Lipinski definition) is 2. The fourth-order valence-corrected chi connectivity index (χ4v) is 4.09. The summed E-state index contributed by atoms with van der Waals surface area (Å²) in [6.45, 7) is 4.43. The molecule has 1 aromatic carbocycles. The molecule has 4 rings (SSSR count). The number of rotatable bonds is 7. The third kappa shape index (κ3) is 4.01. The van der Waals surface area contributed by atoms with Gasteiger partial charge in [-0.05, 0) is 29.8 Å². The molecule has 0 aliphatic carbocycles. The number of ether oxygens (including phenoxy) is 1. The summed E-state index contributed by atoms with van der Waals surface area (Å²) in [5, 5.41) is 10.6. The van der Waals surface area contributed by atoms with E-state index < -0.39 is 29.3 Å². The molecule has 7 nitrogen and oxygen atoms in total. The predicted molar refractivity (Wildman–Crippen MR) is 105 cm³/mol. The third-order valence-corrected chi connectivity index (χ3v) is 5.59. The number of benzene rings is 1. The van der Waals surface area contributed by atoms with Crippen LogP contribution in [0.4, 0.5) is 4.39 Å². The van der Waals surface area contributed by atoms with Crippen molar-refractivity contribution in [3.8, 4) is 0 Å². The van der Waals surface area contributed by atoms with E-state index in [-0.39, 0.29) is 11.3 Å². The molecule has 1 amide bonds. The molecule has 0 bridgehead atoms. The maximum atomic E-state index is 13.9. The minimum absolute atomic E-state index is 0.0189. The summed E-state index contributed by atoms with van der Waals surface area (Å²) in [5.74, 6) is -2.28. The van der Waals surface area contributed by atoms with E-state index in [0.717, 1.165) is 19.6 Å². The van der Waals surface area contributed by atoms with Crippen molar-refractivity contribution >= 4 is 11.7 Å². The molecular formula is C22H24FN2O5+. The molecule has 0 spiro atoms. The van der Waals surface area contributed by atoms with Crippen LogP contribution in [0.25, 0.3) is 0 Å². The van der Waals surface area contributed by atoms with Crippen LogP contribution in [0.1, 0.15) is 28.6 Å². The Hall–Kier alpha value is -2.97. The second-order valence-electron chi connectivity index (χ2n) is 7.49. The van der Waals surface area contributed by atoms with Gasteiger partial charge in [-0.15, -0.1) is 0 Å². The Kier molecular flexibility index (Phi) is 5.96. The normalized spacial score (nSPS) is 20.2. The van der Waals surface area contributed by atoms with Crippen LogP contribution < -0.4 is 4.90 Å². The molecule has 2 aromatic rings. The molecule has 8 heteroatoms. The van der Waals surface area contributed by atoms with Crippen molar-refractivity contribution in [1.82, 2.24) is 4.90 Å². The van der Waals surface area contributed by atoms with Crippen molar-refractivity contribution in [3.63, 3.8) is 0 Å². The standard InChI is InChI=1S/C22H23FN2O5/c23-16-5-1-4-15(14-16)19-18(20(26)17-6-2-11-30-17)21(27)22(28)25(19)8-3-7-24-9-12-29-13-10-24/h1-2,4-6,11,14,19,27H,3,7-10,12-13H2/p+1/t19-/m1/s1. The van der Waals surface area contributed by atoms with Gasteiger partial charge < -0.3 is 24.1 Å². The van der Waals surface area contributed by atoms with Gasteiger partial charge in [0.1, 0.15) is 18.9 Å². The molecule has 0 unspecified atom stereocenters. The second-order valence-corrected chi connectivity index (χ2v) is 7.49. The lowest BCUT2D eigenvalue weighted by Gasteiger charge is -2.28. The molecule has 2 aliphatic heterocycles. The van der Waals surface area contributed by atoms with Gasteiger partial charge in [0.15, 0.2) is 11.5 Å². The molecule has 2 aliphatic rings. The number of aliphatic hydroxyl groups is 1. The highest BCUT2D eigenvalue weighted by Gasteiger charge is 2.44. The van der Waals surface area contributed by atoms with Gasteiger partial charge in [0, 0.05) is 13.0 Å². The smallest absolute Gasteiger partial charge is 0.290 e. The Bertz CT molecular complexity index is 950. The van der Waals surface area contributed by atoms with Gasteiger partial charge in [0.05, 0.1) is 37.6 Å². The average molecular weight is 415 g/mol. The number of halogens is 1. The minimum atomic E-state index is -0.870. The summed E-state index contributed by atoms with van der Waals surface area (Å²) >= 11 is 0. The number of hydrogen-bond acceptors (Lipinski definition) is 5. The quantitative estimate of drug-likeness (QED) is 0.666. The van der Waals surface area contributed by atoms with Crippen molar-refractivity contribution in [2.75, 3.05) is 39.4 Å². The first-order valence-corrected chi connectivity index (χ1v) is 10.1. The lowest BCUT2D eigenvalue weighted by atomic mass is 9.95. The van der Waals surface area contributed by atoms with Crippen LogP contribution in [0.3, 0.4) is 0 Å². The van der Waals surface area contributed by atoms with Crippen molar-refractivity contribution in [1.29, 1.82) is 0 Å². The largest absolute Gasteiger partial charge is 0.503 e. The van der Waals surface area contributed by atoms with Crippen molar-refractivity contribution in [2.24, 2.45) is 0 Å². The van der Waals surface area contributed by atoms with Crippen LogP contribution in [-0.2, 0) is 9.53 Å². The van der Waals surface area contributed by atoms with Crippen LogP contribution in [0.2, 0.25) is 0 Å². The Morgan fingerprint density at radius 2 is 2.03 bits per heavy atom. The van der Waals surface area contributed by atoms with Gasteiger partial charge in [-0.1, -0.05) is 12.1 Å². The van der Waals surface area contributed by atoms with Crippen LogP contribution in [-0.4, -0.2) is 61.1 Å². The Morgan fingerprint density at radius 3 is 2.73 bits per heavy atom. The van der Waals surface area contributed by atoms with E-state index in [0.29, 0.717) is 31.7 Å². The maximum absolute atomic E-state index is 13.9. The highest BCUT2D eigenvalue weighted by Crippen LogP contribution is 2.39. The fourth-order valence-electron chi connectivity index (χ4n) is 4.09. The van der Waals surface area contributed by atoms with Gasteiger partial charge in [0.2, 0.25) is 5.78 Å². The van der Waals surface area contributed by atoms with Gasteiger partial charge >= 0.3 is 0 Å². The van der Waals surface area contributed by atoms with E-state index >= 15 is 0 Å². The zero-order valence-electron chi connectivity index (χ0n) is 16.5. The number of carbonyl (C=O) groups excluding carboxylic acids is 2. The van der Waals surface area contributed by atoms with Crippen LogP contribution in [0.15, 0.2) is 58.4 Å². The van der Waals surface area contributed by atoms with Crippen LogP contribution in [0.5, 0.6) is 0 Å². The molecule has 3 heterocycles. The summed E-state index contributed by atoms with van der Waals surface area (Å²) < 4.78 is 24.5. The van der Waals surface area contributed by atoms with E-state index in [9.17, 15) is 19.1 Å². The maximum Gasteiger partial charge on any atom is 0.290 e. The van der Waals surface area contributed by atoms with Crippen LogP contribution in [0, 0.1) is 5.82 Å². The van der Waals surface area contributed by atoms with E-state index in [1.807, 2.05) is 0 Å². The lowest BCUT2D eigenvalue weighted by Crippen LogP contribution is -3.14. The Balaban J connectivity index is 1.60.